The molecule has 0 atom stereocenters. The zero-order chi connectivity index (χ0) is 16.2. The van der Waals surface area contributed by atoms with E-state index >= 15 is 0 Å². The molecule has 0 aliphatic rings. The predicted molar refractivity (Wildman–Crippen MR) is 99.7 cm³/mol. The zero-order valence-electron chi connectivity index (χ0n) is 13.0. The number of halogens is 1. The van der Waals surface area contributed by atoms with Crippen LogP contribution in [0.2, 0.25) is 5.02 Å². The second-order valence-corrected chi connectivity index (χ2v) is 7.68. The van der Waals surface area contributed by atoms with Crippen LogP contribution in [0.25, 0.3) is 10.9 Å². The molecule has 0 radical (unpaired) electrons. The standard InChI is InChI=1S/C16H17ClN4S2/c1-3-8-18-15-20-21-16(23-15)22-9-13-14(17)10(2)11-6-4-5-7-12(11)19-13/h4-7H,3,8-9H2,1-2H3,(H,18,20). The van der Waals surface area contributed by atoms with E-state index in [9.17, 15) is 0 Å². The lowest BCUT2D eigenvalue weighted by Gasteiger charge is -2.09. The number of nitrogens with zero attached hydrogens (tertiary/aromatic N) is 3. The molecule has 7 heteroatoms. The molecular formula is C16H17ClN4S2. The van der Waals surface area contributed by atoms with Gasteiger partial charge in [0.1, 0.15) is 0 Å². The van der Waals surface area contributed by atoms with Crippen LogP contribution in [-0.2, 0) is 5.75 Å². The number of rotatable bonds is 6. The number of benzene rings is 1. The van der Waals surface area contributed by atoms with Gasteiger partial charge in [0.25, 0.3) is 0 Å². The molecule has 3 rings (SSSR count). The monoisotopic (exact) mass is 364 g/mol. The number of fused-ring (bicyclic) bond motifs is 1. The molecule has 0 aliphatic heterocycles. The van der Waals surface area contributed by atoms with Crippen molar-refractivity contribution in [3.63, 3.8) is 0 Å². The van der Waals surface area contributed by atoms with Gasteiger partial charge in [0.2, 0.25) is 5.13 Å². The van der Waals surface area contributed by atoms with Gasteiger partial charge in [0.05, 0.1) is 16.2 Å². The second-order valence-electron chi connectivity index (χ2n) is 5.10. The Bertz CT molecular complexity index is 819. The molecule has 0 saturated heterocycles. The first-order valence-corrected chi connectivity index (χ1v) is 9.61. The highest BCUT2D eigenvalue weighted by Crippen LogP contribution is 2.33. The van der Waals surface area contributed by atoms with E-state index in [0.717, 1.165) is 49.6 Å². The van der Waals surface area contributed by atoms with Gasteiger partial charge in [-0.2, -0.15) is 0 Å². The van der Waals surface area contributed by atoms with E-state index in [2.05, 4.69) is 28.5 Å². The fourth-order valence-corrected chi connectivity index (χ4v) is 4.22. The van der Waals surface area contributed by atoms with E-state index in [-0.39, 0.29) is 0 Å². The molecule has 2 heterocycles. The van der Waals surface area contributed by atoms with Crippen molar-refractivity contribution >= 4 is 50.7 Å². The molecule has 0 fully saturated rings. The van der Waals surface area contributed by atoms with Crippen molar-refractivity contribution in [1.82, 2.24) is 15.2 Å². The summed E-state index contributed by atoms with van der Waals surface area (Å²) in [5, 5.41) is 14.3. The van der Waals surface area contributed by atoms with Crippen LogP contribution in [0.15, 0.2) is 28.6 Å². The first kappa shape index (κ1) is 16.5. The average Bonchev–Trinajstić information content (AvgIpc) is 3.03. The number of pyridine rings is 1. The maximum absolute atomic E-state index is 6.49. The number of hydrogen-bond acceptors (Lipinski definition) is 6. The summed E-state index contributed by atoms with van der Waals surface area (Å²) in [7, 11) is 0. The fourth-order valence-electron chi connectivity index (χ4n) is 2.21. The number of aryl methyl sites for hydroxylation is 1. The lowest BCUT2D eigenvalue weighted by atomic mass is 10.1. The quantitative estimate of drug-likeness (QED) is 0.612. The zero-order valence-corrected chi connectivity index (χ0v) is 15.4. The van der Waals surface area contributed by atoms with Gasteiger partial charge in [-0.3, -0.25) is 4.98 Å². The maximum atomic E-state index is 6.49. The molecule has 23 heavy (non-hydrogen) atoms. The lowest BCUT2D eigenvalue weighted by Crippen LogP contribution is -1.98. The number of aromatic nitrogens is 3. The van der Waals surface area contributed by atoms with Crippen LogP contribution in [0.4, 0.5) is 5.13 Å². The minimum atomic E-state index is 0.687. The van der Waals surface area contributed by atoms with Crippen molar-refractivity contribution in [3.05, 3.63) is 40.5 Å². The fraction of sp³-hybridized carbons (Fsp3) is 0.312. The summed E-state index contributed by atoms with van der Waals surface area (Å²) < 4.78 is 0.923. The number of nitrogens with one attached hydrogen (secondary N) is 1. The number of thioether (sulfide) groups is 1. The molecule has 0 aliphatic carbocycles. The first-order chi connectivity index (χ1) is 11.2. The summed E-state index contributed by atoms with van der Waals surface area (Å²) in [6.45, 7) is 5.08. The summed E-state index contributed by atoms with van der Waals surface area (Å²) in [5.74, 6) is 0.687. The third-order valence-electron chi connectivity index (χ3n) is 3.41. The molecule has 3 aromatic rings. The average molecular weight is 365 g/mol. The van der Waals surface area contributed by atoms with Crippen molar-refractivity contribution < 1.29 is 0 Å². The first-order valence-electron chi connectivity index (χ1n) is 7.43. The van der Waals surface area contributed by atoms with E-state index in [0.29, 0.717) is 5.75 Å². The molecule has 0 amide bonds. The van der Waals surface area contributed by atoms with Crippen LogP contribution >= 0.6 is 34.7 Å². The minimum absolute atomic E-state index is 0.687. The Morgan fingerprint density at radius 1 is 1.26 bits per heavy atom. The van der Waals surface area contributed by atoms with Crippen LogP contribution in [0.1, 0.15) is 24.6 Å². The van der Waals surface area contributed by atoms with Crippen LogP contribution in [0.3, 0.4) is 0 Å². The molecule has 0 unspecified atom stereocenters. The van der Waals surface area contributed by atoms with Crippen LogP contribution in [0, 0.1) is 6.92 Å². The third kappa shape index (κ3) is 3.76. The Kier molecular flexibility index (Phi) is 5.35. The van der Waals surface area contributed by atoms with Gasteiger partial charge < -0.3 is 5.32 Å². The van der Waals surface area contributed by atoms with Crippen molar-refractivity contribution in [1.29, 1.82) is 0 Å². The summed E-state index contributed by atoms with van der Waals surface area (Å²) in [6, 6.07) is 8.07. The summed E-state index contributed by atoms with van der Waals surface area (Å²) in [4.78, 5) is 4.70. The van der Waals surface area contributed by atoms with Crippen molar-refractivity contribution in [2.24, 2.45) is 0 Å². The van der Waals surface area contributed by atoms with Crippen molar-refractivity contribution in [2.75, 3.05) is 11.9 Å². The van der Waals surface area contributed by atoms with E-state index in [4.69, 9.17) is 16.6 Å². The van der Waals surface area contributed by atoms with Gasteiger partial charge in [0.15, 0.2) is 4.34 Å². The Hall–Kier alpha value is -1.37. The highest BCUT2D eigenvalue weighted by Gasteiger charge is 2.12. The topological polar surface area (TPSA) is 50.7 Å². The highest BCUT2D eigenvalue weighted by molar-refractivity contribution is 8.00. The number of para-hydroxylation sites is 1. The Balaban J connectivity index is 1.76. The molecule has 1 aromatic carbocycles. The van der Waals surface area contributed by atoms with E-state index < -0.39 is 0 Å². The minimum Gasteiger partial charge on any atom is -0.360 e. The molecule has 0 spiro atoms. The normalized spacial score (nSPS) is 11.1. The smallest absolute Gasteiger partial charge is 0.206 e. The molecule has 2 aromatic heterocycles. The molecule has 0 saturated carbocycles. The highest BCUT2D eigenvalue weighted by atomic mass is 35.5. The maximum Gasteiger partial charge on any atom is 0.206 e. The van der Waals surface area contributed by atoms with Gasteiger partial charge in [-0.25, -0.2) is 0 Å². The Morgan fingerprint density at radius 3 is 2.91 bits per heavy atom. The number of anilines is 1. The van der Waals surface area contributed by atoms with Gasteiger partial charge in [-0.05, 0) is 25.0 Å². The summed E-state index contributed by atoms with van der Waals surface area (Å²) in [6.07, 6.45) is 1.07. The van der Waals surface area contributed by atoms with Crippen molar-refractivity contribution in [3.8, 4) is 0 Å². The van der Waals surface area contributed by atoms with Crippen LogP contribution in [0.5, 0.6) is 0 Å². The third-order valence-corrected chi connectivity index (χ3v) is 5.94. The van der Waals surface area contributed by atoms with Gasteiger partial charge >= 0.3 is 0 Å². The van der Waals surface area contributed by atoms with Crippen LogP contribution in [-0.4, -0.2) is 21.7 Å². The van der Waals surface area contributed by atoms with Gasteiger partial charge in [-0.1, -0.05) is 59.8 Å². The second kappa shape index (κ2) is 7.47. The largest absolute Gasteiger partial charge is 0.360 e. The SMILES string of the molecule is CCCNc1nnc(SCc2nc3ccccc3c(C)c2Cl)s1. The molecule has 120 valence electrons. The molecule has 0 bridgehead atoms. The lowest BCUT2D eigenvalue weighted by molar-refractivity contribution is 0.951. The predicted octanol–water partition coefficient (Wildman–Crippen LogP) is 5.16. The summed E-state index contributed by atoms with van der Waals surface area (Å²) >= 11 is 9.67. The van der Waals surface area contributed by atoms with Gasteiger partial charge in [-0.15, -0.1) is 10.2 Å². The molecule has 4 nitrogen and oxygen atoms in total. The van der Waals surface area contributed by atoms with E-state index in [1.165, 1.54) is 0 Å². The molecular weight excluding hydrogens is 348 g/mol. The Morgan fingerprint density at radius 2 is 2.09 bits per heavy atom. The molecule has 1 N–H and O–H groups in total. The van der Waals surface area contributed by atoms with Gasteiger partial charge in [0, 0.05) is 17.7 Å². The van der Waals surface area contributed by atoms with Crippen LogP contribution < -0.4 is 5.32 Å². The van der Waals surface area contributed by atoms with Crippen molar-refractivity contribution in [2.45, 2.75) is 30.4 Å². The van der Waals surface area contributed by atoms with E-state index in [1.807, 2.05) is 25.1 Å². The Labute approximate surface area is 148 Å². The van der Waals surface area contributed by atoms with E-state index in [1.54, 1.807) is 23.1 Å². The number of hydrogen-bond donors (Lipinski definition) is 1. The summed E-state index contributed by atoms with van der Waals surface area (Å²) in [5.41, 5.74) is 2.95.